The average Bonchev–Trinajstić information content (AvgIpc) is 3.44. The minimum absolute atomic E-state index is 0. The van der Waals surface area contributed by atoms with Gasteiger partial charge in [0, 0.05) is 49.0 Å². The standard InChI is InChI=1S/C27H18F2NO.C11H8N.Ir/c1-26(2)20-11-4-3-8-18(20)23-21(27(26,28)29)14-13-17-16-9-7-10-19(24(16)31-25(17)23)22-12-5-6-15-30-22;1-2-6-10(7-3-1)11-8-4-5-9-12-11;/h3-9,11-15H,1-2H3;1-6,8-9H;/q2*-1;. The van der Waals surface area contributed by atoms with Crippen LogP contribution in [0.2, 0.25) is 0 Å². The first-order chi connectivity index (χ1) is 20.9. The predicted molar refractivity (Wildman–Crippen MR) is 167 cm³/mol. The number of alkyl halides is 2. The van der Waals surface area contributed by atoms with Crippen molar-refractivity contribution in [3.63, 3.8) is 0 Å². The van der Waals surface area contributed by atoms with Crippen LogP contribution in [0.3, 0.4) is 0 Å². The minimum atomic E-state index is -3.04. The van der Waals surface area contributed by atoms with Crippen LogP contribution >= 0.6 is 0 Å². The SMILES string of the molecule is CC1(C)c2ccccc2-c2c(ccc3c2oc2c(-c4ccccn4)[c-]ccc23)C1(F)F.[Ir].[c-]1ccccc1-c1ccccn1. The van der Waals surface area contributed by atoms with Crippen LogP contribution < -0.4 is 0 Å². The molecule has 0 saturated carbocycles. The number of rotatable bonds is 2. The molecule has 6 heteroatoms. The van der Waals surface area contributed by atoms with E-state index in [0.29, 0.717) is 22.3 Å². The van der Waals surface area contributed by atoms with Gasteiger partial charge in [0.25, 0.3) is 5.92 Å². The van der Waals surface area contributed by atoms with Crippen molar-refractivity contribution < 1.29 is 33.3 Å². The van der Waals surface area contributed by atoms with E-state index >= 15 is 8.78 Å². The second-order valence-corrected chi connectivity index (χ2v) is 11.0. The van der Waals surface area contributed by atoms with Gasteiger partial charge < -0.3 is 14.4 Å². The van der Waals surface area contributed by atoms with Crippen molar-refractivity contribution in [3.05, 3.63) is 145 Å². The molecule has 4 aromatic carbocycles. The van der Waals surface area contributed by atoms with Crippen molar-refractivity contribution >= 4 is 21.9 Å². The number of hydrogen-bond donors (Lipinski definition) is 0. The number of benzene rings is 4. The third-order valence-electron chi connectivity index (χ3n) is 8.17. The van der Waals surface area contributed by atoms with Gasteiger partial charge in [-0.1, -0.05) is 71.6 Å². The van der Waals surface area contributed by atoms with E-state index in [0.717, 1.165) is 38.9 Å². The maximum absolute atomic E-state index is 15.7. The van der Waals surface area contributed by atoms with E-state index in [2.05, 4.69) is 22.1 Å². The number of nitrogens with zero attached hydrogens (tertiary/aromatic N) is 2. The van der Waals surface area contributed by atoms with Crippen LogP contribution in [0.5, 0.6) is 0 Å². The van der Waals surface area contributed by atoms with Gasteiger partial charge in [-0.05, 0) is 48.5 Å². The van der Waals surface area contributed by atoms with E-state index in [4.69, 9.17) is 4.42 Å². The van der Waals surface area contributed by atoms with E-state index < -0.39 is 11.3 Å². The number of pyridine rings is 2. The number of aromatic nitrogens is 2. The molecule has 0 N–H and O–H groups in total. The fourth-order valence-electron chi connectivity index (χ4n) is 5.86. The molecule has 1 aliphatic rings. The molecule has 0 spiro atoms. The molecule has 0 fully saturated rings. The van der Waals surface area contributed by atoms with E-state index in [1.165, 1.54) is 0 Å². The first kappa shape index (κ1) is 29.6. The zero-order chi connectivity index (χ0) is 29.6. The second-order valence-electron chi connectivity index (χ2n) is 11.0. The molecule has 0 aliphatic heterocycles. The largest absolute Gasteiger partial charge is 0.500 e. The van der Waals surface area contributed by atoms with Crippen molar-refractivity contribution in [2.75, 3.05) is 0 Å². The normalized spacial score (nSPS) is 14.1. The molecule has 1 aliphatic carbocycles. The Kier molecular flexibility index (Phi) is 7.75. The van der Waals surface area contributed by atoms with E-state index in [9.17, 15) is 0 Å². The van der Waals surface area contributed by atoms with Crippen LogP contribution in [0.15, 0.2) is 126 Å². The van der Waals surface area contributed by atoms with Crippen LogP contribution in [0.1, 0.15) is 25.0 Å². The van der Waals surface area contributed by atoms with Crippen LogP contribution in [0, 0.1) is 12.1 Å². The Hall–Kier alpha value is -4.51. The number of hydrogen-bond acceptors (Lipinski definition) is 3. The zero-order valence-corrected chi connectivity index (χ0v) is 26.3. The number of furan rings is 1. The molecule has 3 heterocycles. The summed E-state index contributed by atoms with van der Waals surface area (Å²) in [5, 5.41) is 1.67. The first-order valence-corrected chi connectivity index (χ1v) is 14.1. The Morgan fingerprint density at radius 3 is 2.02 bits per heavy atom. The summed E-state index contributed by atoms with van der Waals surface area (Å²) in [5.41, 5.74) is 5.11. The van der Waals surface area contributed by atoms with Crippen LogP contribution in [0.4, 0.5) is 8.78 Å². The van der Waals surface area contributed by atoms with Crippen molar-refractivity contribution in [2.24, 2.45) is 0 Å². The monoisotopic (exact) mass is 757 g/mol. The molecule has 1 radical (unpaired) electrons. The molecule has 0 unspecified atom stereocenters. The van der Waals surface area contributed by atoms with Gasteiger partial charge in [-0.2, -0.15) is 0 Å². The fourth-order valence-corrected chi connectivity index (χ4v) is 5.86. The summed E-state index contributed by atoms with van der Waals surface area (Å²) < 4.78 is 37.8. The molecule has 3 nitrogen and oxygen atoms in total. The van der Waals surface area contributed by atoms with Crippen LogP contribution in [-0.4, -0.2) is 9.97 Å². The van der Waals surface area contributed by atoms with E-state index in [-0.39, 0.29) is 25.7 Å². The zero-order valence-electron chi connectivity index (χ0n) is 23.9. The Labute approximate surface area is 268 Å². The topological polar surface area (TPSA) is 38.9 Å². The molecule has 44 heavy (non-hydrogen) atoms. The molecule has 0 amide bonds. The van der Waals surface area contributed by atoms with Crippen molar-refractivity contribution in [3.8, 4) is 33.6 Å². The van der Waals surface area contributed by atoms with Gasteiger partial charge in [-0.15, -0.1) is 54.1 Å². The summed E-state index contributed by atoms with van der Waals surface area (Å²) >= 11 is 0. The van der Waals surface area contributed by atoms with Crippen molar-refractivity contribution in [2.45, 2.75) is 25.2 Å². The molecular formula is C38H26F2IrN2O-2. The fraction of sp³-hybridized carbons (Fsp3) is 0.105. The second kappa shape index (κ2) is 11.5. The molecular weight excluding hydrogens is 731 g/mol. The molecule has 0 bridgehead atoms. The molecule has 7 aromatic rings. The van der Waals surface area contributed by atoms with Crippen LogP contribution in [-0.2, 0) is 31.4 Å². The average molecular weight is 757 g/mol. The quantitative estimate of drug-likeness (QED) is 0.165. The van der Waals surface area contributed by atoms with Crippen LogP contribution in [0.25, 0.3) is 55.6 Å². The van der Waals surface area contributed by atoms with Gasteiger partial charge in [0.05, 0.1) is 11.0 Å². The third kappa shape index (κ3) is 4.75. The maximum Gasteiger partial charge on any atom is 0.282 e. The Morgan fingerprint density at radius 1 is 0.636 bits per heavy atom. The molecule has 0 saturated heterocycles. The first-order valence-electron chi connectivity index (χ1n) is 14.1. The van der Waals surface area contributed by atoms with Gasteiger partial charge >= 0.3 is 0 Å². The molecule has 8 rings (SSSR count). The summed E-state index contributed by atoms with van der Waals surface area (Å²) in [6, 6.07) is 40.1. The number of fused-ring (bicyclic) bond motifs is 7. The van der Waals surface area contributed by atoms with Crippen molar-refractivity contribution in [1.29, 1.82) is 0 Å². The van der Waals surface area contributed by atoms with Gasteiger partial charge in [-0.3, -0.25) is 0 Å². The summed E-state index contributed by atoms with van der Waals surface area (Å²) in [7, 11) is 0. The molecule has 3 aromatic heterocycles. The van der Waals surface area contributed by atoms with Gasteiger partial charge in [0.2, 0.25) is 0 Å². The Bertz CT molecular complexity index is 2040. The Balaban J connectivity index is 0.000000222. The van der Waals surface area contributed by atoms with E-state index in [1.54, 1.807) is 44.4 Å². The minimum Gasteiger partial charge on any atom is -0.500 e. The predicted octanol–water partition coefficient (Wildman–Crippen LogP) is 10.0. The summed E-state index contributed by atoms with van der Waals surface area (Å²) in [6.45, 7) is 3.21. The summed E-state index contributed by atoms with van der Waals surface area (Å²) in [4.78, 5) is 8.64. The smallest absolute Gasteiger partial charge is 0.282 e. The number of halogens is 2. The van der Waals surface area contributed by atoms with Gasteiger partial charge in [0.15, 0.2) is 0 Å². The molecule has 0 atom stereocenters. The summed E-state index contributed by atoms with van der Waals surface area (Å²) in [6.07, 6.45) is 3.50. The summed E-state index contributed by atoms with van der Waals surface area (Å²) in [5.74, 6) is -3.04. The Morgan fingerprint density at radius 2 is 1.32 bits per heavy atom. The molecule has 219 valence electrons. The maximum atomic E-state index is 15.7. The van der Waals surface area contributed by atoms with E-state index in [1.807, 2.05) is 91.0 Å². The van der Waals surface area contributed by atoms with Gasteiger partial charge in [-0.25, -0.2) is 8.78 Å². The third-order valence-corrected chi connectivity index (χ3v) is 8.17. The van der Waals surface area contributed by atoms with Crippen molar-refractivity contribution in [1.82, 2.24) is 9.97 Å². The van der Waals surface area contributed by atoms with Gasteiger partial charge in [0.1, 0.15) is 5.58 Å².